The Bertz CT molecular complexity index is 1210. The Balaban J connectivity index is 1.54. The number of carbonyl (C=O) groups is 1. The van der Waals surface area contributed by atoms with E-state index in [-0.39, 0.29) is 18.7 Å². The molecule has 1 amide bonds. The number of nitrogens with one attached hydrogen (secondary N) is 1. The minimum Gasteiger partial charge on any atom is -0.454 e. The van der Waals surface area contributed by atoms with E-state index in [9.17, 15) is 4.79 Å². The second-order valence-electron chi connectivity index (χ2n) is 7.98. The summed E-state index contributed by atoms with van der Waals surface area (Å²) in [7, 11) is 0. The number of hydrogen-bond acceptors (Lipinski definition) is 6. The first-order chi connectivity index (χ1) is 15.1. The summed E-state index contributed by atoms with van der Waals surface area (Å²) < 4.78 is 12.0. The van der Waals surface area contributed by atoms with Gasteiger partial charge in [0, 0.05) is 29.7 Å². The Kier molecular flexibility index (Phi) is 4.30. The van der Waals surface area contributed by atoms with Crippen LogP contribution in [0.15, 0.2) is 48.5 Å². The van der Waals surface area contributed by atoms with Crippen molar-refractivity contribution in [1.82, 2.24) is 5.32 Å². The van der Waals surface area contributed by atoms with Crippen LogP contribution < -0.4 is 25.4 Å². The summed E-state index contributed by atoms with van der Waals surface area (Å²) in [6, 6.07) is 15.8. The van der Waals surface area contributed by atoms with E-state index in [1.807, 2.05) is 53.4 Å². The summed E-state index contributed by atoms with van der Waals surface area (Å²) in [5.41, 5.74) is 9.07. The molecule has 1 spiro atoms. The first-order valence-corrected chi connectivity index (χ1v) is 11.3. The SMILES string of the molecule is NCC1NCC2(C(=O)N(Cc3ccc(Cl)s3)c3ccccc32)c2cc3c(cc21)OCO3. The van der Waals surface area contributed by atoms with Crippen molar-refractivity contribution in [3.63, 3.8) is 0 Å². The lowest BCUT2D eigenvalue weighted by molar-refractivity contribution is -0.122. The van der Waals surface area contributed by atoms with Gasteiger partial charge in [-0.25, -0.2) is 0 Å². The minimum absolute atomic E-state index is 0.0429. The number of nitrogens with two attached hydrogens (primary N) is 1. The van der Waals surface area contributed by atoms with Crippen LogP contribution in [0.4, 0.5) is 5.69 Å². The summed E-state index contributed by atoms with van der Waals surface area (Å²) in [6.07, 6.45) is 0. The van der Waals surface area contributed by atoms with E-state index in [1.54, 1.807) is 0 Å². The molecular formula is C23H20ClN3O3S. The third-order valence-corrected chi connectivity index (χ3v) is 7.65. The van der Waals surface area contributed by atoms with Gasteiger partial charge in [-0.3, -0.25) is 4.79 Å². The Labute approximate surface area is 188 Å². The van der Waals surface area contributed by atoms with Crippen molar-refractivity contribution in [2.75, 3.05) is 24.8 Å². The predicted octanol–water partition coefficient (Wildman–Crippen LogP) is 3.57. The van der Waals surface area contributed by atoms with Crippen molar-refractivity contribution in [2.24, 2.45) is 5.73 Å². The van der Waals surface area contributed by atoms with Gasteiger partial charge in [0.15, 0.2) is 11.5 Å². The van der Waals surface area contributed by atoms with E-state index in [0.717, 1.165) is 27.3 Å². The van der Waals surface area contributed by atoms with E-state index in [1.165, 1.54) is 11.3 Å². The van der Waals surface area contributed by atoms with E-state index >= 15 is 0 Å². The summed E-state index contributed by atoms with van der Waals surface area (Å²) in [4.78, 5) is 17.1. The lowest BCUT2D eigenvalue weighted by Crippen LogP contribution is -2.53. The Hall–Kier alpha value is -2.58. The topological polar surface area (TPSA) is 76.8 Å². The maximum Gasteiger partial charge on any atom is 0.243 e. The van der Waals surface area contributed by atoms with Crippen LogP contribution >= 0.6 is 22.9 Å². The maximum absolute atomic E-state index is 14.2. The van der Waals surface area contributed by atoms with Crippen molar-refractivity contribution in [3.8, 4) is 11.5 Å². The normalized spacial score (nSPS) is 23.4. The highest BCUT2D eigenvalue weighted by Gasteiger charge is 2.55. The molecule has 0 saturated heterocycles. The number of fused-ring (bicyclic) bond motifs is 5. The molecule has 3 aliphatic rings. The fourth-order valence-electron chi connectivity index (χ4n) is 5.01. The average molecular weight is 454 g/mol. The molecule has 8 heteroatoms. The lowest BCUT2D eigenvalue weighted by Gasteiger charge is -2.39. The molecule has 158 valence electrons. The standard InChI is InChI=1S/C23H20ClN3O3S/c24-21-6-5-13(31-21)10-27-18-4-2-1-3-15(18)23(22(27)28)11-26-17(9-25)14-7-19-20(8-16(14)23)30-12-29-19/h1-8,17,26H,9-12,25H2. The van der Waals surface area contributed by atoms with Crippen molar-refractivity contribution >= 4 is 34.5 Å². The zero-order valence-electron chi connectivity index (χ0n) is 16.6. The van der Waals surface area contributed by atoms with Crippen LogP contribution in [-0.2, 0) is 16.8 Å². The molecule has 6 nitrogen and oxygen atoms in total. The maximum atomic E-state index is 14.2. The quantitative estimate of drug-likeness (QED) is 0.634. The first-order valence-electron chi connectivity index (χ1n) is 10.1. The van der Waals surface area contributed by atoms with Gasteiger partial charge in [-0.15, -0.1) is 11.3 Å². The summed E-state index contributed by atoms with van der Waals surface area (Å²) in [6.45, 7) is 1.56. The average Bonchev–Trinajstić information content (AvgIpc) is 3.47. The number of amides is 1. The predicted molar refractivity (Wildman–Crippen MR) is 120 cm³/mol. The zero-order chi connectivity index (χ0) is 21.2. The first kappa shape index (κ1) is 19.1. The second-order valence-corrected chi connectivity index (χ2v) is 9.78. The fourth-order valence-corrected chi connectivity index (χ4v) is 6.09. The molecule has 2 atom stereocenters. The van der Waals surface area contributed by atoms with E-state index < -0.39 is 5.41 Å². The van der Waals surface area contributed by atoms with Crippen LogP contribution in [0, 0.1) is 0 Å². The molecule has 2 unspecified atom stereocenters. The highest BCUT2D eigenvalue weighted by atomic mass is 35.5. The number of rotatable bonds is 3. The number of hydrogen-bond donors (Lipinski definition) is 2. The lowest BCUT2D eigenvalue weighted by atomic mass is 9.70. The number of halogens is 1. The van der Waals surface area contributed by atoms with Gasteiger partial charge in [-0.2, -0.15) is 0 Å². The third-order valence-electron chi connectivity index (χ3n) is 6.44. The van der Waals surface area contributed by atoms with Crippen molar-refractivity contribution in [2.45, 2.75) is 18.0 Å². The second kappa shape index (κ2) is 6.97. The Morgan fingerprint density at radius 3 is 2.74 bits per heavy atom. The molecule has 31 heavy (non-hydrogen) atoms. The molecule has 4 heterocycles. The third kappa shape index (κ3) is 2.67. The molecule has 1 aromatic heterocycles. The van der Waals surface area contributed by atoms with E-state index in [2.05, 4.69) is 5.32 Å². The summed E-state index contributed by atoms with van der Waals surface area (Å²) >= 11 is 7.64. The molecule has 0 bridgehead atoms. The van der Waals surface area contributed by atoms with Gasteiger partial charge in [0.1, 0.15) is 5.41 Å². The van der Waals surface area contributed by atoms with Crippen LogP contribution in [0.2, 0.25) is 4.34 Å². The highest BCUT2D eigenvalue weighted by Crippen LogP contribution is 2.52. The number of nitrogens with zero attached hydrogens (tertiary/aromatic N) is 1. The molecule has 3 aliphatic heterocycles. The highest BCUT2D eigenvalue weighted by molar-refractivity contribution is 7.16. The smallest absolute Gasteiger partial charge is 0.243 e. The molecular weight excluding hydrogens is 434 g/mol. The molecule has 2 aromatic carbocycles. The fraction of sp³-hybridized carbons (Fsp3) is 0.261. The van der Waals surface area contributed by atoms with Gasteiger partial charge in [-0.1, -0.05) is 29.8 Å². The van der Waals surface area contributed by atoms with Crippen molar-refractivity contribution in [1.29, 1.82) is 0 Å². The number of benzene rings is 2. The summed E-state index contributed by atoms with van der Waals surface area (Å²) in [5.74, 6) is 1.41. The monoisotopic (exact) mass is 453 g/mol. The van der Waals surface area contributed by atoms with Crippen LogP contribution in [0.3, 0.4) is 0 Å². The number of carbonyl (C=O) groups excluding carboxylic acids is 1. The molecule has 3 aromatic rings. The Morgan fingerprint density at radius 2 is 1.97 bits per heavy atom. The largest absolute Gasteiger partial charge is 0.454 e. The van der Waals surface area contributed by atoms with Gasteiger partial charge >= 0.3 is 0 Å². The van der Waals surface area contributed by atoms with E-state index in [0.29, 0.717) is 35.5 Å². The van der Waals surface area contributed by atoms with E-state index in [4.69, 9.17) is 26.8 Å². The molecule has 0 aliphatic carbocycles. The molecule has 0 radical (unpaired) electrons. The van der Waals surface area contributed by atoms with Gasteiger partial charge in [0.25, 0.3) is 0 Å². The minimum atomic E-state index is -0.848. The number of thiophene rings is 1. The van der Waals surface area contributed by atoms with Crippen LogP contribution in [0.1, 0.15) is 27.6 Å². The molecule has 0 saturated carbocycles. The van der Waals surface area contributed by atoms with Gasteiger partial charge in [-0.05, 0) is 47.0 Å². The van der Waals surface area contributed by atoms with Crippen LogP contribution in [0.5, 0.6) is 11.5 Å². The number of ether oxygens (including phenoxy) is 2. The summed E-state index contributed by atoms with van der Waals surface area (Å²) in [5, 5.41) is 3.52. The molecule has 6 rings (SSSR count). The number of para-hydroxylation sites is 1. The van der Waals surface area contributed by atoms with Gasteiger partial charge in [0.05, 0.1) is 10.9 Å². The van der Waals surface area contributed by atoms with Crippen LogP contribution in [-0.4, -0.2) is 25.8 Å². The van der Waals surface area contributed by atoms with Gasteiger partial charge < -0.3 is 25.4 Å². The molecule has 0 fully saturated rings. The molecule has 3 N–H and O–H groups in total. The van der Waals surface area contributed by atoms with Crippen molar-refractivity contribution < 1.29 is 14.3 Å². The van der Waals surface area contributed by atoms with Crippen LogP contribution in [0.25, 0.3) is 0 Å². The zero-order valence-corrected chi connectivity index (χ0v) is 18.1. The number of anilines is 1. The van der Waals surface area contributed by atoms with Gasteiger partial charge in [0.2, 0.25) is 12.7 Å². The Morgan fingerprint density at radius 1 is 1.16 bits per heavy atom. The van der Waals surface area contributed by atoms with Crippen molar-refractivity contribution in [3.05, 3.63) is 74.4 Å².